The molecule has 0 atom stereocenters. The molecule has 0 fully saturated rings. The molecule has 38 valence electrons. The monoisotopic (exact) mass is 231 g/mol. The molecule has 0 bridgehead atoms. The molecule has 0 aromatic carbocycles. The van der Waals surface area contributed by atoms with Gasteiger partial charge in [0.2, 0.25) is 0 Å². The Morgan fingerprint density at radius 2 is 2.33 bits per heavy atom. The van der Waals surface area contributed by atoms with E-state index >= 15 is 0 Å². The number of rotatable bonds is 0. The molecule has 0 aromatic heterocycles. The molecule has 0 spiro atoms. The zero-order chi connectivity index (χ0) is 3.54. The molecule has 0 nitrogen and oxygen atoms in total. The Morgan fingerprint density at radius 1 is 1.50 bits per heavy atom. The summed E-state index contributed by atoms with van der Waals surface area (Å²) in [5.74, 6) is 0. The summed E-state index contributed by atoms with van der Waals surface area (Å²) in [4.78, 5) is 0. The molecule has 0 unspecified atom stereocenters. The standard InChI is InChI=1S/C5H5.Er/c1-2-4-5-3-1;/h1-3H,4H2;/q-1;. The van der Waals surface area contributed by atoms with Crippen LogP contribution in [-0.4, -0.2) is 0 Å². The molecule has 0 aliphatic heterocycles. The van der Waals surface area contributed by atoms with E-state index in [0.29, 0.717) is 0 Å². The molecule has 1 heteroatoms. The topological polar surface area (TPSA) is 0 Å². The predicted octanol–water partition coefficient (Wildman–Crippen LogP) is 1.31. The third kappa shape index (κ3) is 2.00. The first-order valence-electron chi connectivity index (χ1n) is 1.72. The summed E-state index contributed by atoms with van der Waals surface area (Å²) in [6, 6.07) is 0. The first-order chi connectivity index (χ1) is 2.50. The fraction of sp³-hybridized carbons (Fsp3) is 0.200. The van der Waals surface area contributed by atoms with Crippen molar-refractivity contribution in [2.75, 3.05) is 0 Å². The molecule has 1 aliphatic carbocycles. The van der Waals surface area contributed by atoms with Crippen LogP contribution in [0.5, 0.6) is 0 Å². The van der Waals surface area contributed by atoms with Gasteiger partial charge in [-0.1, -0.05) is 0 Å². The van der Waals surface area contributed by atoms with Crippen molar-refractivity contribution >= 4 is 0 Å². The number of hydrogen-bond donors (Lipinski definition) is 0. The second kappa shape index (κ2) is 3.90. The first kappa shape index (κ1) is 6.73. The maximum atomic E-state index is 2.99. The quantitative estimate of drug-likeness (QED) is 0.552. The van der Waals surface area contributed by atoms with Crippen LogP contribution in [0, 0.1) is 43.4 Å². The number of hydrogen-bond acceptors (Lipinski definition) is 0. The smallest absolute Gasteiger partial charge is 0 e. The van der Waals surface area contributed by atoms with Crippen LogP contribution >= 0.6 is 0 Å². The summed E-state index contributed by atoms with van der Waals surface area (Å²) >= 11 is 0. The first-order valence-corrected chi connectivity index (χ1v) is 1.72. The van der Waals surface area contributed by atoms with Crippen molar-refractivity contribution in [2.45, 2.75) is 6.42 Å². The van der Waals surface area contributed by atoms with Gasteiger partial charge in [0.25, 0.3) is 0 Å². The van der Waals surface area contributed by atoms with Crippen molar-refractivity contribution in [1.29, 1.82) is 0 Å². The van der Waals surface area contributed by atoms with E-state index in [0.717, 1.165) is 6.42 Å². The van der Waals surface area contributed by atoms with E-state index in [1.165, 1.54) is 0 Å². The molecule has 0 heterocycles. The molecule has 0 saturated carbocycles. The predicted molar refractivity (Wildman–Crippen MR) is 21.6 cm³/mol. The van der Waals surface area contributed by atoms with E-state index in [9.17, 15) is 0 Å². The van der Waals surface area contributed by atoms with Crippen LogP contribution in [0.1, 0.15) is 6.42 Å². The van der Waals surface area contributed by atoms with E-state index in [1.54, 1.807) is 0 Å². The molecule has 0 radical (unpaired) electrons. The molecule has 1 aliphatic rings. The van der Waals surface area contributed by atoms with Gasteiger partial charge in [0.1, 0.15) is 0 Å². The number of allylic oxidation sites excluding steroid dienone is 4. The maximum Gasteiger partial charge on any atom is 0 e. The fourth-order valence-electron chi connectivity index (χ4n) is 0.340. The molecule has 6 heavy (non-hydrogen) atoms. The van der Waals surface area contributed by atoms with Gasteiger partial charge in [-0.2, -0.15) is 6.08 Å². The van der Waals surface area contributed by atoms with Crippen LogP contribution in [-0.2, 0) is 0 Å². The van der Waals surface area contributed by atoms with Crippen molar-refractivity contribution in [1.82, 2.24) is 0 Å². The van der Waals surface area contributed by atoms with Crippen LogP contribution < -0.4 is 0 Å². The Balaban J connectivity index is 0.000000250. The van der Waals surface area contributed by atoms with Gasteiger partial charge in [-0.05, 0) is 0 Å². The Labute approximate surface area is 67.5 Å². The van der Waals surface area contributed by atoms with Crippen molar-refractivity contribution in [3.63, 3.8) is 0 Å². The Bertz CT molecular complexity index is 62.0. The minimum Gasteiger partial charge on any atom is -0.273 e. The molecule has 0 saturated heterocycles. The normalized spacial score (nSPS) is 14.7. The molecule has 0 amide bonds. The van der Waals surface area contributed by atoms with E-state index in [1.807, 2.05) is 12.2 Å². The van der Waals surface area contributed by atoms with Gasteiger partial charge in [-0.15, -0.1) is 6.42 Å². The van der Waals surface area contributed by atoms with Crippen molar-refractivity contribution < 1.29 is 37.3 Å². The summed E-state index contributed by atoms with van der Waals surface area (Å²) in [6.45, 7) is 0. The van der Waals surface area contributed by atoms with E-state index in [-0.39, 0.29) is 37.3 Å². The molecular formula is C5H5Er-. The van der Waals surface area contributed by atoms with Crippen LogP contribution in [0.25, 0.3) is 0 Å². The van der Waals surface area contributed by atoms with E-state index < -0.39 is 0 Å². The Kier molecular flexibility index (Phi) is 4.37. The second-order valence-electron chi connectivity index (χ2n) is 1.00. The molecular weight excluding hydrogens is 227 g/mol. The van der Waals surface area contributed by atoms with Crippen LogP contribution in [0.15, 0.2) is 18.2 Å². The Hall–Kier alpha value is 0.727. The van der Waals surface area contributed by atoms with Gasteiger partial charge in [0.05, 0.1) is 0 Å². The van der Waals surface area contributed by atoms with Crippen LogP contribution in [0.4, 0.5) is 0 Å². The zero-order valence-electron chi connectivity index (χ0n) is 3.23. The molecule has 0 aromatic rings. The maximum absolute atomic E-state index is 2.99. The van der Waals surface area contributed by atoms with E-state index in [2.05, 4.69) is 12.2 Å². The summed E-state index contributed by atoms with van der Waals surface area (Å²) in [7, 11) is 0. The summed E-state index contributed by atoms with van der Waals surface area (Å²) < 4.78 is 0. The SMILES string of the molecule is [C-]1=CC=CC1.[Er]. The molecule has 0 N–H and O–H groups in total. The fourth-order valence-corrected chi connectivity index (χ4v) is 0.340. The van der Waals surface area contributed by atoms with Crippen LogP contribution in [0.3, 0.4) is 0 Å². The average Bonchev–Trinajstić information content (AvgIpc) is 1.76. The minimum absolute atomic E-state index is 0. The van der Waals surface area contributed by atoms with Crippen molar-refractivity contribution in [3.8, 4) is 0 Å². The van der Waals surface area contributed by atoms with Crippen molar-refractivity contribution in [3.05, 3.63) is 24.3 Å². The third-order valence-electron chi connectivity index (χ3n) is 0.586. The van der Waals surface area contributed by atoms with Gasteiger partial charge in [0.15, 0.2) is 0 Å². The zero-order valence-corrected chi connectivity index (χ0v) is 5.08. The summed E-state index contributed by atoms with van der Waals surface area (Å²) in [6.07, 6.45) is 10.0. The summed E-state index contributed by atoms with van der Waals surface area (Å²) in [5, 5.41) is 0. The van der Waals surface area contributed by atoms with Gasteiger partial charge in [-0.3, -0.25) is 6.08 Å². The largest absolute Gasteiger partial charge is 0.273 e. The second-order valence-corrected chi connectivity index (χ2v) is 1.00. The van der Waals surface area contributed by atoms with Crippen LogP contribution in [0.2, 0.25) is 0 Å². The average molecular weight is 232 g/mol. The third-order valence-corrected chi connectivity index (χ3v) is 0.586. The van der Waals surface area contributed by atoms with E-state index in [4.69, 9.17) is 0 Å². The summed E-state index contributed by atoms with van der Waals surface area (Å²) in [5.41, 5.74) is 0. The van der Waals surface area contributed by atoms with Gasteiger partial charge < -0.3 is 0 Å². The van der Waals surface area contributed by atoms with Gasteiger partial charge >= 0.3 is 0 Å². The van der Waals surface area contributed by atoms with Gasteiger partial charge in [-0.25, -0.2) is 12.2 Å². The van der Waals surface area contributed by atoms with Gasteiger partial charge in [0, 0.05) is 37.3 Å². The molecule has 1 rings (SSSR count). The Morgan fingerprint density at radius 3 is 2.50 bits per heavy atom. The van der Waals surface area contributed by atoms with Crippen molar-refractivity contribution in [2.24, 2.45) is 0 Å². The minimum atomic E-state index is 0.